The largest absolute Gasteiger partial charge is 0.456 e. The summed E-state index contributed by atoms with van der Waals surface area (Å²) >= 11 is 7.51. The topological polar surface area (TPSA) is 131 Å². The third kappa shape index (κ3) is 6.20. The molecule has 1 aromatic heterocycles. The molecule has 0 aliphatic rings. The number of nitrogens with zero attached hydrogens (tertiary/aromatic N) is 1. The van der Waals surface area contributed by atoms with Gasteiger partial charge in [0.15, 0.2) is 6.61 Å². The van der Waals surface area contributed by atoms with Gasteiger partial charge in [0.05, 0.1) is 15.5 Å². The molecule has 3 rings (SSSR count). The number of benzene rings is 2. The van der Waals surface area contributed by atoms with Gasteiger partial charge in [-0.3, -0.25) is 19.7 Å². The number of thioether (sulfide) groups is 1. The SMILES string of the molecule is CCc1cccc2c(C(=O)COC(=O)[C@H](CCSC)NC(=O)c3ccc([N+](=O)[O-])cc3Cl)c[nH]c12. The smallest absolute Gasteiger partial charge is 0.329 e. The summed E-state index contributed by atoms with van der Waals surface area (Å²) in [6, 6.07) is 8.09. The molecule has 1 atom stereocenters. The van der Waals surface area contributed by atoms with Crippen LogP contribution in [0.5, 0.6) is 0 Å². The molecule has 3 aromatic rings. The summed E-state index contributed by atoms with van der Waals surface area (Å²) in [5, 5.41) is 14.1. The van der Waals surface area contributed by atoms with Crippen molar-refractivity contribution < 1.29 is 24.0 Å². The molecule has 0 aliphatic heterocycles. The van der Waals surface area contributed by atoms with E-state index < -0.39 is 29.4 Å². The Morgan fingerprint density at radius 1 is 1.23 bits per heavy atom. The first-order valence-corrected chi connectivity index (χ1v) is 12.6. The molecule has 0 radical (unpaired) electrons. The number of carbonyl (C=O) groups is 3. The molecule has 0 fully saturated rings. The molecule has 0 unspecified atom stereocenters. The van der Waals surface area contributed by atoms with Crippen molar-refractivity contribution in [2.75, 3.05) is 18.6 Å². The van der Waals surface area contributed by atoms with Gasteiger partial charge in [-0.2, -0.15) is 11.8 Å². The number of aromatic amines is 1. The number of para-hydroxylation sites is 1. The summed E-state index contributed by atoms with van der Waals surface area (Å²) in [6.45, 7) is 1.54. The number of nitrogens with one attached hydrogen (secondary N) is 2. The second kappa shape index (κ2) is 11.9. The van der Waals surface area contributed by atoms with Crippen molar-refractivity contribution in [1.29, 1.82) is 0 Å². The van der Waals surface area contributed by atoms with E-state index in [4.69, 9.17) is 16.3 Å². The fraction of sp³-hybridized carbons (Fsp3) is 0.292. The van der Waals surface area contributed by atoms with E-state index in [1.54, 1.807) is 6.20 Å². The van der Waals surface area contributed by atoms with Crippen LogP contribution in [0.1, 0.15) is 39.6 Å². The number of aryl methyl sites for hydroxylation is 1. The Morgan fingerprint density at radius 2 is 2.00 bits per heavy atom. The number of non-ortho nitro benzene ring substituents is 1. The second-order valence-corrected chi connectivity index (χ2v) is 9.05. The fourth-order valence-corrected chi connectivity index (χ4v) is 4.31. The Morgan fingerprint density at radius 3 is 2.66 bits per heavy atom. The number of nitro benzene ring substituents is 1. The molecule has 11 heteroatoms. The molecule has 0 spiro atoms. The molecular weight excluding hydrogens is 494 g/mol. The van der Waals surface area contributed by atoms with Crippen LogP contribution in [-0.2, 0) is 16.0 Å². The number of esters is 1. The number of rotatable bonds is 11. The van der Waals surface area contributed by atoms with E-state index in [-0.39, 0.29) is 28.5 Å². The predicted octanol–water partition coefficient (Wildman–Crippen LogP) is 4.57. The van der Waals surface area contributed by atoms with Crippen LogP contribution < -0.4 is 5.32 Å². The standard InChI is InChI=1S/C24H24ClN3O6S/c1-3-14-5-4-6-16-18(12-26-22(14)16)21(29)13-34-24(31)20(9-10-35-2)27-23(30)17-8-7-15(28(32)33)11-19(17)25/h4-8,11-12,20,26H,3,9-10,13H2,1-2H3,(H,27,30)/t20-/m0/s1. The number of Topliss-reactive ketones (excluding diaryl/α,β-unsaturated/α-hetero) is 1. The van der Waals surface area contributed by atoms with Gasteiger partial charge in [-0.05, 0) is 36.5 Å². The number of hydrogen-bond acceptors (Lipinski definition) is 7. The lowest BCUT2D eigenvalue weighted by Crippen LogP contribution is -2.42. The third-order valence-corrected chi connectivity index (χ3v) is 6.39. The Labute approximate surface area is 210 Å². The molecule has 0 bridgehead atoms. The number of ketones is 1. The zero-order valence-corrected chi connectivity index (χ0v) is 20.7. The van der Waals surface area contributed by atoms with Crippen molar-refractivity contribution in [3.63, 3.8) is 0 Å². The molecule has 1 amide bonds. The van der Waals surface area contributed by atoms with Crippen LogP contribution in [-0.4, -0.2) is 52.2 Å². The maximum atomic E-state index is 12.8. The van der Waals surface area contributed by atoms with Gasteiger partial charge in [0.2, 0.25) is 5.78 Å². The minimum Gasteiger partial charge on any atom is -0.456 e. The number of amides is 1. The number of ether oxygens (including phenoxy) is 1. The predicted molar refractivity (Wildman–Crippen MR) is 135 cm³/mol. The van der Waals surface area contributed by atoms with Crippen LogP contribution >= 0.6 is 23.4 Å². The summed E-state index contributed by atoms with van der Waals surface area (Å²) < 4.78 is 5.26. The zero-order valence-electron chi connectivity index (χ0n) is 19.1. The van der Waals surface area contributed by atoms with Gasteiger partial charge < -0.3 is 15.0 Å². The highest BCUT2D eigenvalue weighted by molar-refractivity contribution is 7.98. The molecule has 0 saturated carbocycles. The summed E-state index contributed by atoms with van der Waals surface area (Å²) in [6.07, 6.45) is 4.51. The van der Waals surface area contributed by atoms with Gasteiger partial charge in [-0.15, -0.1) is 0 Å². The highest BCUT2D eigenvalue weighted by atomic mass is 35.5. The molecular formula is C24H24ClN3O6S. The van der Waals surface area contributed by atoms with E-state index in [1.807, 2.05) is 31.4 Å². The monoisotopic (exact) mass is 517 g/mol. The number of H-pyrrole nitrogens is 1. The molecule has 35 heavy (non-hydrogen) atoms. The number of fused-ring (bicyclic) bond motifs is 1. The molecule has 0 saturated heterocycles. The van der Waals surface area contributed by atoms with Crippen LogP contribution in [0.3, 0.4) is 0 Å². The first-order chi connectivity index (χ1) is 16.8. The summed E-state index contributed by atoms with van der Waals surface area (Å²) in [7, 11) is 0. The van der Waals surface area contributed by atoms with Gasteiger partial charge in [0.1, 0.15) is 6.04 Å². The van der Waals surface area contributed by atoms with Crippen LogP contribution in [0.4, 0.5) is 5.69 Å². The number of aromatic nitrogens is 1. The number of hydrogen-bond donors (Lipinski definition) is 2. The molecule has 2 N–H and O–H groups in total. The highest BCUT2D eigenvalue weighted by Gasteiger charge is 2.25. The van der Waals surface area contributed by atoms with Gasteiger partial charge in [-0.1, -0.05) is 36.7 Å². The normalized spacial score (nSPS) is 11.7. The quantitative estimate of drug-likeness (QED) is 0.165. The minimum absolute atomic E-state index is 0.0131. The first-order valence-electron chi connectivity index (χ1n) is 10.8. The summed E-state index contributed by atoms with van der Waals surface area (Å²) in [5.41, 5.74) is 2.09. The first kappa shape index (κ1) is 26.2. The Bertz CT molecular complexity index is 1280. The van der Waals surface area contributed by atoms with Gasteiger partial charge >= 0.3 is 5.97 Å². The number of halogens is 1. The lowest BCUT2D eigenvalue weighted by Gasteiger charge is -2.17. The van der Waals surface area contributed by atoms with Crippen LogP contribution in [0.2, 0.25) is 5.02 Å². The van der Waals surface area contributed by atoms with Gasteiger partial charge in [0, 0.05) is 34.8 Å². The number of carbonyl (C=O) groups excluding carboxylic acids is 3. The van der Waals surface area contributed by atoms with E-state index in [9.17, 15) is 24.5 Å². The summed E-state index contributed by atoms with van der Waals surface area (Å²) in [4.78, 5) is 51.6. The zero-order chi connectivity index (χ0) is 25.5. The van der Waals surface area contributed by atoms with Crippen molar-refractivity contribution in [1.82, 2.24) is 10.3 Å². The van der Waals surface area contributed by atoms with Crippen LogP contribution in [0, 0.1) is 10.1 Å². The Balaban J connectivity index is 1.69. The van der Waals surface area contributed by atoms with Gasteiger partial charge in [0.25, 0.3) is 11.6 Å². The van der Waals surface area contributed by atoms with E-state index in [0.717, 1.165) is 35.0 Å². The van der Waals surface area contributed by atoms with E-state index in [1.165, 1.54) is 17.8 Å². The minimum atomic E-state index is -1.02. The van der Waals surface area contributed by atoms with E-state index >= 15 is 0 Å². The molecule has 9 nitrogen and oxygen atoms in total. The second-order valence-electron chi connectivity index (χ2n) is 7.66. The van der Waals surface area contributed by atoms with Crippen molar-refractivity contribution in [2.24, 2.45) is 0 Å². The van der Waals surface area contributed by atoms with Crippen LogP contribution in [0.25, 0.3) is 10.9 Å². The Kier molecular flexibility index (Phi) is 8.89. The van der Waals surface area contributed by atoms with E-state index in [2.05, 4.69) is 10.3 Å². The molecule has 0 aliphatic carbocycles. The van der Waals surface area contributed by atoms with Gasteiger partial charge in [-0.25, -0.2) is 4.79 Å². The Hall–Kier alpha value is -3.37. The molecule has 184 valence electrons. The number of nitro groups is 1. The fourth-order valence-electron chi connectivity index (χ4n) is 3.58. The van der Waals surface area contributed by atoms with Crippen molar-refractivity contribution in [3.8, 4) is 0 Å². The summed E-state index contributed by atoms with van der Waals surface area (Å²) in [5.74, 6) is -1.26. The molecule has 1 heterocycles. The third-order valence-electron chi connectivity index (χ3n) is 5.44. The average Bonchev–Trinajstić information content (AvgIpc) is 3.29. The van der Waals surface area contributed by atoms with Crippen molar-refractivity contribution in [3.05, 3.63) is 74.4 Å². The van der Waals surface area contributed by atoms with Crippen molar-refractivity contribution >= 4 is 57.6 Å². The average molecular weight is 518 g/mol. The lowest BCUT2D eigenvalue weighted by atomic mass is 10.1. The maximum absolute atomic E-state index is 12.8. The van der Waals surface area contributed by atoms with Crippen LogP contribution in [0.15, 0.2) is 42.6 Å². The molecule has 2 aromatic carbocycles. The maximum Gasteiger partial charge on any atom is 0.329 e. The van der Waals surface area contributed by atoms with E-state index in [0.29, 0.717) is 11.3 Å². The van der Waals surface area contributed by atoms with Crippen molar-refractivity contribution in [2.45, 2.75) is 25.8 Å². The highest BCUT2D eigenvalue weighted by Crippen LogP contribution is 2.24. The lowest BCUT2D eigenvalue weighted by molar-refractivity contribution is -0.384.